The molecule has 21 heavy (non-hydrogen) atoms. The predicted molar refractivity (Wildman–Crippen MR) is 88.9 cm³/mol. The predicted octanol–water partition coefficient (Wildman–Crippen LogP) is 4.29. The summed E-state index contributed by atoms with van der Waals surface area (Å²) >= 11 is 0. The third-order valence-corrected chi connectivity index (χ3v) is 3.63. The van der Waals surface area contributed by atoms with Crippen LogP contribution in [-0.2, 0) is 6.42 Å². The summed E-state index contributed by atoms with van der Waals surface area (Å²) < 4.78 is 5.64. The molecule has 2 heteroatoms. The van der Waals surface area contributed by atoms with Crippen LogP contribution >= 0.6 is 0 Å². The third-order valence-electron chi connectivity index (χ3n) is 3.63. The lowest BCUT2D eigenvalue weighted by atomic mass is 9.98. The van der Waals surface area contributed by atoms with Crippen LogP contribution in [0, 0.1) is 6.92 Å². The molecule has 2 nitrogen and oxygen atoms in total. The normalized spacial score (nSPS) is 12.1. The first kappa shape index (κ1) is 15.6. The van der Waals surface area contributed by atoms with Gasteiger partial charge in [0.05, 0.1) is 6.61 Å². The van der Waals surface area contributed by atoms with Crippen LogP contribution in [0.5, 0.6) is 5.75 Å². The maximum absolute atomic E-state index is 5.64. The Morgan fingerprint density at radius 1 is 1.10 bits per heavy atom. The molecule has 2 aromatic carbocycles. The number of benzene rings is 2. The fourth-order valence-corrected chi connectivity index (χ4v) is 2.48. The summed E-state index contributed by atoms with van der Waals surface area (Å²) in [7, 11) is 2.02. The first-order chi connectivity index (χ1) is 10.2. The van der Waals surface area contributed by atoms with Crippen LogP contribution in [0.3, 0.4) is 0 Å². The smallest absolute Gasteiger partial charge is 0.119 e. The molecule has 0 amide bonds. The Bertz CT molecular complexity index is 548. The molecule has 2 rings (SSSR count). The molecule has 0 spiro atoms. The van der Waals surface area contributed by atoms with E-state index in [0.29, 0.717) is 6.04 Å². The van der Waals surface area contributed by atoms with Gasteiger partial charge in [0, 0.05) is 6.04 Å². The summed E-state index contributed by atoms with van der Waals surface area (Å²) in [5.41, 5.74) is 3.97. The van der Waals surface area contributed by atoms with Gasteiger partial charge < -0.3 is 10.1 Å². The Morgan fingerprint density at radius 2 is 1.86 bits per heavy atom. The fourth-order valence-electron chi connectivity index (χ4n) is 2.48. The molecule has 1 atom stereocenters. The van der Waals surface area contributed by atoms with Gasteiger partial charge in [0.15, 0.2) is 0 Å². The van der Waals surface area contributed by atoms with E-state index < -0.39 is 0 Å². The lowest BCUT2D eigenvalue weighted by molar-refractivity contribution is 0.317. The molecule has 0 aliphatic heterocycles. The number of nitrogens with one attached hydrogen (secondary N) is 1. The first-order valence-electron chi connectivity index (χ1n) is 7.68. The van der Waals surface area contributed by atoms with Gasteiger partial charge >= 0.3 is 0 Å². The van der Waals surface area contributed by atoms with Gasteiger partial charge in [-0.25, -0.2) is 0 Å². The molecule has 2 aromatic rings. The Kier molecular flexibility index (Phi) is 5.82. The summed E-state index contributed by atoms with van der Waals surface area (Å²) in [6, 6.07) is 17.5. The number of rotatable bonds is 7. The second kappa shape index (κ2) is 7.84. The summed E-state index contributed by atoms with van der Waals surface area (Å²) in [5.74, 6) is 0.950. The molecule has 0 heterocycles. The largest absolute Gasteiger partial charge is 0.494 e. The molecule has 1 unspecified atom stereocenters. The second-order valence-electron chi connectivity index (χ2n) is 5.45. The minimum atomic E-state index is 0.326. The highest BCUT2D eigenvalue weighted by Crippen LogP contribution is 2.21. The highest BCUT2D eigenvalue weighted by molar-refractivity contribution is 5.31. The van der Waals surface area contributed by atoms with Gasteiger partial charge in [-0.1, -0.05) is 48.9 Å². The lowest BCUT2D eigenvalue weighted by Crippen LogP contribution is -2.18. The number of ether oxygens (including phenoxy) is 1. The minimum Gasteiger partial charge on any atom is -0.494 e. The third kappa shape index (κ3) is 4.61. The van der Waals surface area contributed by atoms with E-state index in [4.69, 9.17) is 4.74 Å². The van der Waals surface area contributed by atoms with Crippen molar-refractivity contribution in [1.82, 2.24) is 5.32 Å². The summed E-state index contributed by atoms with van der Waals surface area (Å²) in [6.07, 6.45) is 2.03. The Labute approximate surface area is 128 Å². The zero-order chi connectivity index (χ0) is 15.1. The Balaban J connectivity index is 2.06. The van der Waals surface area contributed by atoms with E-state index in [1.165, 1.54) is 16.7 Å². The van der Waals surface area contributed by atoms with Gasteiger partial charge in [-0.3, -0.25) is 0 Å². The van der Waals surface area contributed by atoms with Crippen molar-refractivity contribution in [1.29, 1.82) is 0 Å². The molecule has 0 saturated carbocycles. The number of aryl methyl sites for hydroxylation is 1. The molecular weight excluding hydrogens is 258 g/mol. The molecule has 0 saturated heterocycles. The van der Waals surface area contributed by atoms with Crippen molar-refractivity contribution in [3.63, 3.8) is 0 Å². The van der Waals surface area contributed by atoms with Gasteiger partial charge in [-0.15, -0.1) is 0 Å². The monoisotopic (exact) mass is 283 g/mol. The molecular formula is C19H25NO. The van der Waals surface area contributed by atoms with Gasteiger partial charge in [0.25, 0.3) is 0 Å². The van der Waals surface area contributed by atoms with E-state index >= 15 is 0 Å². The molecule has 1 N–H and O–H groups in total. The Morgan fingerprint density at radius 3 is 2.48 bits per heavy atom. The second-order valence-corrected chi connectivity index (χ2v) is 5.45. The van der Waals surface area contributed by atoms with Gasteiger partial charge in [0.2, 0.25) is 0 Å². The molecule has 0 aliphatic rings. The van der Waals surface area contributed by atoms with Crippen LogP contribution in [-0.4, -0.2) is 13.7 Å². The van der Waals surface area contributed by atoms with Gasteiger partial charge in [-0.05, 0) is 50.1 Å². The van der Waals surface area contributed by atoms with E-state index in [1.54, 1.807) is 0 Å². The molecule has 0 bridgehead atoms. The molecule has 0 aliphatic carbocycles. The van der Waals surface area contributed by atoms with Crippen molar-refractivity contribution in [2.45, 2.75) is 32.7 Å². The topological polar surface area (TPSA) is 21.3 Å². The average Bonchev–Trinajstić information content (AvgIpc) is 2.51. The maximum atomic E-state index is 5.64. The Hall–Kier alpha value is -1.80. The SMILES string of the molecule is CCCOc1ccc(C(Cc2cccc(C)c2)NC)cc1. The zero-order valence-electron chi connectivity index (χ0n) is 13.2. The van der Waals surface area contributed by atoms with Crippen molar-refractivity contribution in [2.75, 3.05) is 13.7 Å². The highest BCUT2D eigenvalue weighted by Gasteiger charge is 2.10. The van der Waals surface area contributed by atoms with Gasteiger partial charge in [0.1, 0.15) is 5.75 Å². The number of hydrogen-bond donors (Lipinski definition) is 1. The number of hydrogen-bond acceptors (Lipinski definition) is 2. The van der Waals surface area contributed by atoms with Crippen molar-refractivity contribution in [2.24, 2.45) is 0 Å². The van der Waals surface area contributed by atoms with Gasteiger partial charge in [-0.2, -0.15) is 0 Å². The fraction of sp³-hybridized carbons (Fsp3) is 0.368. The summed E-state index contributed by atoms with van der Waals surface area (Å²) in [6.45, 7) is 5.03. The van der Waals surface area contributed by atoms with Crippen LogP contribution in [0.4, 0.5) is 0 Å². The van der Waals surface area contributed by atoms with Crippen LogP contribution in [0.2, 0.25) is 0 Å². The van der Waals surface area contributed by atoms with Crippen LogP contribution in [0.15, 0.2) is 48.5 Å². The van der Waals surface area contributed by atoms with E-state index in [1.807, 2.05) is 7.05 Å². The molecule has 112 valence electrons. The van der Waals surface area contributed by atoms with E-state index in [0.717, 1.165) is 25.2 Å². The maximum Gasteiger partial charge on any atom is 0.119 e. The van der Waals surface area contributed by atoms with Crippen LogP contribution in [0.25, 0.3) is 0 Å². The molecule has 0 aromatic heterocycles. The number of likely N-dealkylation sites (N-methyl/N-ethyl adjacent to an activating group) is 1. The standard InChI is InChI=1S/C19H25NO/c1-4-12-21-18-10-8-17(9-11-18)19(20-3)14-16-7-5-6-15(2)13-16/h5-11,13,19-20H,4,12,14H2,1-3H3. The van der Waals surface area contributed by atoms with Crippen LogP contribution in [0.1, 0.15) is 36.1 Å². The molecule has 0 fully saturated rings. The quantitative estimate of drug-likeness (QED) is 0.818. The van der Waals surface area contributed by atoms with E-state index in [2.05, 4.69) is 67.7 Å². The summed E-state index contributed by atoms with van der Waals surface area (Å²) in [5, 5.41) is 3.41. The average molecular weight is 283 g/mol. The zero-order valence-corrected chi connectivity index (χ0v) is 13.2. The summed E-state index contributed by atoms with van der Waals surface area (Å²) in [4.78, 5) is 0. The minimum absolute atomic E-state index is 0.326. The first-order valence-corrected chi connectivity index (χ1v) is 7.68. The van der Waals surface area contributed by atoms with Crippen molar-refractivity contribution in [3.05, 3.63) is 65.2 Å². The van der Waals surface area contributed by atoms with E-state index in [9.17, 15) is 0 Å². The van der Waals surface area contributed by atoms with E-state index in [-0.39, 0.29) is 0 Å². The van der Waals surface area contributed by atoms with Crippen molar-refractivity contribution < 1.29 is 4.74 Å². The molecule has 0 radical (unpaired) electrons. The van der Waals surface area contributed by atoms with Crippen LogP contribution < -0.4 is 10.1 Å². The van der Waals surface area contributed by atoms with Crippen molar-refractivity contribution in [3.8, 4) is 5.75 Å². The van der Waals surface area contributed by atoms with Crippen molar-refractivity contribution >= 4 is 0 Å². The lowest BCUT2D eigenvalue weighted by Gasteiger charge is -2.17. The highest BCUT2D eigenvalue weighted by atomic mass is 16.5.